The second-order valence-corrected chi connectivity index (χ2v) is 11.2. The third-order valence-corrected chi connectivity index (χ3v) is 8.49. The number of fused-ring (bicyclic) bond motifs is 2. The summed E-state index contributed by atoms with van der Waals surface area (Å²) in [5, 5.41) is 13.5. The molecule has 0 radical (unpaired) electrons. The number of hydrogen-bond acceptors (Lipinski definition) is 4. The van der Waals surface area contributed by atoms with Crippen LogP contribution in [0.5, 0.6) is 5.75 Å². The van der Waals surface area contributed by atoms with Crippen molar-refractivity contribution in [2.75, 3.05) is 19.8 Å². The van der Waals surface area contributed by atoms with Gasteiger partial charge in [0.05, 0.1) is 13.2 Å². The summed E-state index contributed by atoms with van der Waals surface area (Å²) in [6.45, 7) is 5.44. The molecule has 0 aliphatic rings. The number of thiophene rings is 1. The van der Waals surface area contributed by atoms with Crippen molar-refractivity contribution in [3.63, 3.8) is 0 Å². The molecule has 3 nitrogen and oxygen atoms in total. The van der Waals surface area contributed by atoms with E-state index in [9.17, 15) is 5.11 Å². The summed E-state index contributed by atoms with van der Waals surface area (Å²) < 4.78 is 7.39. The van der Waals surface area contributed by atoms with Gasteiger partial charge in [-0.05, 0) is 89.7 Å². The van der Waals surface area contributed by atoms with Crippen molar-refractivity contribution in [3.8, 4) is 5.75 Å². The van der Waals surface area contributed by atoms with E-state index in [2.05, 4.69) is 103 Å². The molecule has 0 fully saturated rings. The Labute approximate surface area is 230 Å². The molecule has 0 unspecified atom stereocenters. The first kappa shape index (κ1) is 26.4. The van der Waals surface area contributed by atoms with Gasteiger partial charge in [0.2, 0.25) is 0 Å². The van der Waals surface area contributed by atoms with Gasteiger partial charge in [0.15, 0.2) is 0 Å². The van der Waals surface area contributed by atoms with Gasteiger partial charge in [0, 0.05) is 29.2 Å². The lowest BCUT2D eigenvalue weighted by molar-refractivity contribution is 0.185. The SMILES string of the molecule is Cc1c(CN(CCO)Cc2ccc3cc(OCCCCCc4ccccc4)ccc3c2)sc2ccccc12. The fourth-order valence-electron chi connectivity index (χ4n) is 5.10. The van der Waals surface area contributed by atoms with Crippen LogP contribution in [0.25, 0.3) is 20.9 Å². The van der Waals surface area contributed by atoms with Crippen molar-refractivity contribution >= 4 is 32.2 Å². The fourth-order valence-corrected chi connectivity index (χ4v) is 6.35. The number of hydrogen-bond donors (Lipinski definition) is 1. The molecule has 0 aliphatic carbocycles. The molecule has 0 bridgehead atoms. The molecule has 1 heterocycles. The van der Waals surface area contributed by atoms with Gasteiger partial charge in [-0.2, -0.15) is 0 Å². The molecule has 4 heteroatoms. The molecule has 5 rings (SSSR count). The average Bonchev–Trinajstić information content (AvgIpc) is 3.26. The monoisotopic (exact) mass is 523 g/mol. The number of ether oxygens (including phenoxy) is 1. The van der Waals surface area contributed by atoms with E-state index in [1.165, 1.54) is 55.3 Å². The lowest BCUT2D eigenvalue weighted by Crippen LogP contribution is -2.26. The highest BCUT2D eigenvalue weighted by atomic mass is 32.1. The van der Waals surface area contributed by atoms with Crippen molar-refractivity contribution < 1.29 is 9.84 Å². The Balaban J connectivity index is 1.15. The Bertz CT molecular complexity index is 1460. The van der Waals surface area contributed by atoms with Crippen LogP contribution < -0.4 is 4.74 Å². The molecule has 0 saturated heterocycles. The molecule has 1 N–H and O–H groups in total. The van der Waals surface area contributed by atoms with E-state index < -0.39 is 0 Å². The standard InChI is InChI=1S/C34H37NO2S/c1-26-32-13-7-8-14-33(32)38-34(26)25-35(19-20-36)24-28-15-16-30-23-31(18-17-29(30)22-28)37-21-9-3-6-12-27-10-4-2-5-11-27/h2,4-5,7-8,10-11,13-18,22-23,36H,3,6,9,12,19-21,24-25H2,1H3. The molecule has 38 heavy (non-hydrogen) atoms. The average molecular weight is 524 g/mol. The molecule has 0 spiro atoms. The van der Waals surface area contributed by atoms with Gasteiger partial charge >= 0.3 is 0 Å². The highest BCUT2D eigenvalue weighted by Crippen LogP contribution is 2.32. The minimum absolute atomic E-state index is 0.157. The molecule has 4 aromatic carbocycles. The van der Waals surface area contributed by atoms with Gasteiger partial charge in [0.1, 0.15) is 5.75 Å². The summed E-state index contributed by atoms with van der Waals surface area (Å²) >= 11 is 1.87. The minimum atomic E-state index is 0.157. The van der Waals surface area contributed by atoms with E-state index in [1.807, 2.05) is 11.3 Å². The van der Waals surface area contributed by atoms with E-state index >= 15 is 0 Å². The van der Waals surface area contributed by atoms with Crippen LogP contribution in [0.4, 0.5) is 0 Å². The van der Waals surface area contributed by atoms with Crippen LogP contribution in [-0.2, 0) is 19.5 Å². The topological polar surface area (TPSA) is 32.7 Å². The lowest BCUT2D eigenvalue weighted by Gasteiger charge is -2.21. The van der Waals surface area contributed by atoms with Gasteiger partial charge in [-0.3, -0.25) is 4.90 Å². The van der Waals surface area contributed by atoms with Crippen LogP contribution in [-0.4, -0.2) is 29.8 Å². The Hall–Kier alpha value is -3.18. The maximum absolute atomic E-state index is 9.72. The quantitative estimate of drug-likeness (QED) is 0.158. The molecular weight excluding hydrogens is 486 g/mol. The van der Waals surface area contributed by atoms with Crippen LogP contribution in [0.1, 0.15) is 40.8 Å². The van der Waals surface area contributed by atoms with Crippen LogP contribution in [0.3, 0.4) is 0 Å². The molecule has 5 aromatic rings. The maximum atomic E-state index is 9.72. The molecule has 0 atom stereocenters. The largest absolute Gasteiger partial charge is 0.494 e. The van der Waals surface area contributed by atoms with E-state index in [1.54, 1.807) is 0 Å². The van der Waals surface area contributed by atoms with Crippen LogP contribution in [0, 0.1) is 6.92 Å². The number of nitrogens with zero attached hydrogens (tertiary/aromatic N) is 1. The van der Waals surface area contributed by atoms with Gasteiger partial charge in [0.25, 0.3) is 0 Å². The predicted octanol–water partition coefficient (Wildman–Crippen LogP) is 8.15. The number of benzene rings is 4. The zero-order chi connectivity index (χ0) is 26.2. The van der Waals surface area contributed by atoms with E-state index in [0.717, 1.165) is 38.3 Å². The van der Waals surface area contributed by atoms with E-state index in [4.69, 9.17) is 4.74 Å². The normalized spacial score (nSPS) is 11.6. The smallest absolute Gasteiger partial charge is 0.119 e. The van der Waals surface area contributed by atoms with Crippen LogP contribution in [0.2, 0.25) is 0 Å². The number of unbranched alkanes of at least 4 members (excludes halogenated alkanes) is 2. The van der Waals surface area contributed by atoms with Gasteiger partial charge in [-0.1, -0.05) is 66.7 Å². The predicted molar refractivity (Wildman–Crippen MR) is 161 cm³/mol. The van der Waals surface area contributed by atoms with Crippen molar-refractivity contribution in [1.29, 1.82) is 0 Å². The van der Waals surface area contributed by atoms with E-state index in [-0.39, 0.29) is 6.61 Å². The maximum Gasteiger partial charge on any atom is 0.119 e. The summed E-state index contributed by atoms with van der Waals surface area (Å²) in [6.07, 6.45) is 4.59. The Morgan fingerprint density at radius 3 is 2.39 bits per heavy atom. The lowest BCUT2D eigenvalue weighted by atomic mass is 10.1. The summed E-state index contributed by atoms with van der Waals surface area (Å²) in [4.78, 5) is 3.72. The van der Waals surface area contributed by atoms with Gasteiger partial charge in [-0.25, -0.2) is 0 Å². The minimum Gasteiger partial charge on any atom is -0.494 e. The zero-order valence-corrected chi connectivity index (χ0v) is 23.1. The second kappa shape index (κ2) is 13.1. The molecule has 1 aromatic heterocycles. The number of rotatable bonds is 13. The highest BCUT2D eigenvalue weighted by Gasteiger charge is 2.13. The first-order valence-corrected chi connectivity index (χ1v) is 14.5. The molecule has 0 aliphatic heterocycles. The van der Waals surface area contributed by atoms with Crippen molar-refractivity contribution in [1.82, 2.24) is 4.90 Å². The molecule has 0 saturated carbocycles. The first-order chi connectivity index (χ1) is 18.7. The number of aliphatic hydroxyl groups excluding tert-OH is 1. The number of aliphatic hydroxyl groups is 1. The zero-order valence-electron chi connectivity index (χ0n) is 22.2. The van der Waals surface area contributed by atoms with Crippen molar-refractivity contribution in [2.45, 2.75) is 45.7 Å². The molecule has 0 amide bonds. The highest BCUT2D eigenvalue weighted by molar-refractivity contribution is 7.19. The Morgan fingerprint density at radius 1 is 0.763 bits per heavy atom. The van der Waals surface area contributed by atoms with Crippen LogP contribution in [0.15, 0.2) is 91.0 Å². The summed E-state index contributed by atoms with van der Waals surface area (Å²) in [6, 6.07) is 32.4. The van der Waals surface area contributed by atoms with Crippen molar-refractivity contribution in [2.24, 2.45) is 0 Å². The molecule has 196 valence electrons. The summed E-state index contributed by atoms with van der Waals surface area (Å²) in [7, 11) is 0. The van der Waals surface area contributed by atoms with Gasteiger partial charge < -0.3 is 9.84 Å². The van der Waals surface area contributed by atoms with Crippen LogP contribution >= 0.6 is 11.3 Å². The third kappa shape index (κ3) is 6.82. The van der Waals surface area contributed by atoms with E-state index in [0.29, 0.717) is 6.54 Å². The summed E-state index contributed by atoms with van der Waals surface area (Å²) in [5.74, 6) is 0.940. The Kier molecular flexibility index (Phi) is 9.08. The fraction of sp³-hybridized carbons (Fsp3) is 0.294. The Morgan fingerprint density at radius 2 is 1.55 bits per heavy atom. The summed E-state index contributed by atoms with van der Waals surface area (Å²) in [5.41, 5.74) is 4.03. The number of aryl methyl sites for hydroxylation is 2. The van der Waals surface area contributed by atoms with Gasteiger partial charge in [-0.15, -0.1) is 11.3 Å². The second-order valence-electron chi connectivity index (χ2n) is 10.1. The molecular formula is C34H37NO2S. The first-order valence-electron chi connectivity index (χ1n) is 13.7. The third-order valence-electron chi connectivity index (χ3n) is 7.23. The van der Waals surface area contributed by atoms with Crippen molar-refractivity contribution in [3.05, 3.63) is 113 Å².